The first-order valence-electron chi connectivity index (χ1n) is 6.74. The Morgan fingerprint density at radius 2 is 2.37 bits per heavy atom. The number of thioether (sulfide) groups is 1. The Morgan fingerprint density at radius 3 is 3.00 bits per heavy atom. The van der Waals surface area contributed by atoms with Gasteiger partial charge in [0.1, 0.15) is 0 Å². The van der Waals surface area contributed by atoms with E-state index >= 15 is 0 Å². The minimum absolute atomic E-state index is 0.240. The molecule has 0 spiro atoms. The predicted molar refractivity (Wildman–Crippen MR) is 77.6 cm³/mol. The largest absolute Gasteiger partial charge is 0.478 e. The summed E-state index contributed by atoms with van der Waals surface area (Å²) in [5.41, 5.74) is 1.14. The van der Waals surface area contributed by atoms with Gasteiger partial charge in [0.15, 0.2) is 0 Å². The molecule has 2 rings (SSSR count). The summed E-state index contributed by atoms with van der Waals surface area (Å²) in [5.74, 6) is 0.233. The molecule has 1 aromatic heterocycles. The van der Waals surface area contributed by atoms with Crippen LogP contribution in [-0.2, 0) is 6.54 Å². The number of pyridine rings is 1. The standard InChI is InChI=1S/C14H20N2O2S/c1-2-19-13-5-3-4-12(13)16-9-11-7-6-10(8-15-11)14(17)18/h6-8,12-13,16H,2-5,9H2,1H3,(H,17,18). The average Bonchev–Trinajstić information content (AvgIpc) is 2.85. The number of hydrogen-bond acceptors (Lipinski definition) is 4. The van der Waals surface area contributed by atoms with Crippen LogP contribution in [0.4, 0.5) is 0 Å². The van der Waals surface area contributed by atoms with E-state index in [1.165, 1.54) is 25.5 Å². The van der Waals surface area contributed by atoms with E-state index in [0.29, 0.717) is 17.8 Å². The third-order valence-corrected chi connectivity index (χ3v) is 4.78. The first-order chi connectivity index (χ1) is 9.20. The fraction of sp³-hybridized carbons (Fsp3) is 0.571. The van der Waals surface area contributed by atoms with Crippen molar-refractivity contribution < 1.29 is 9.90 Å². The molecule has 1 heterocycles. The molecule has 1 aliphatic carbocycles. The molecule has 1 fully saturated rings. The number of carbonyl (C=O) groups is 1. The Morgan fingerprint density at radius 1 is 1.53 bits per heavy atom. The van der Waals surface area contributed by atoms with E-state index in [2.05, 4.69) is 17.2 Å². The van der Waals surface area contributed by atoms with E-state index in [9.17, 15) is 4.79 Å². The quantitative estimate of drug-likeness (QED) is 0.838. The van der Waals surface area contributed by atoms with Crippen LogP contribution in [0.3, 0.4) is 0 Å². The van der Waals surface area contributed by atoms with Crippen molar-refractivity contribution in [3.8, 4) is 0 Å². The van der Waals surface area contributed by atoms with Crippen LogP contribution in [0.1, 0.15) is 42.2 Å². The lowest BCUT2D eigenvalue weighted by Crippen LogP contribution is -2.33. The number of carboxylic acid groups (broad SMARTS) is 1. The van der Waals surface area contributed by atoms with Gasteiger partial charge < -0.3 is 10.4 Å². The zero-order valence-electron chi connectivity index (χ0n) is 11.1. The molecule has 2 atom stereocenters. The van der Waals surface area contributed by atoms with Gasteiger partial charge in [-0.1, -0.05) is 13.3 Å². The average molecular weight is 280 g/mol. The van der Waals surface area contributed by atoms with E-state index in [4.69, 9.17) is 5.11 Å². The zero-order valence-corrected chi connectivity index (χ0v) is 11.9. The fourth-order valence-electron chi connectivity index (χ4n) is 2.46. The minimum Gasteiger partial charge on any atom is -0.478 e. The van der Waals surface area contributed by atoms with Gasteiger partial charge in [0.2, 0.25) is 0 Å². The lowest BCUT2D eigenvalue weighted by molar-refractivity contribution is 0.0696. The summed E-state index contributed by atoms with van der Waals surface area (Å²) in [5, 5.41) is 13.1. The van der Waals surface area contributed by atoms with Crippen molar-refractivity contribution >= 4 is 17.7 Å². The van der Waals surface area contributed by atoms with Gasteiger partial charge in [-0.05, 0) is 30.7 Å². The number of aromatic carboxylic acids is 1. The Balaban J connectivity index is 1.86. The van der Waals surface area contributed by atoms with Gasteiger partial charge in [-0.3, -0.25) is 4.98 Å². The highest BCUT2D eigenvalue weighted by atomic mass is 32.2. The Hall–Kier alpha value is -1.07. The molecule has 0 aliphatic heterocycles. The Kier molecular flexibility index (Phi) is 5.22. The predicted octanol–water partition coefficient (Wildman–Crippen LogP) is 2.54. The molecule has 2 unspecified atom stereocenters. The lowest BCUT2D eigenvalue weighted by Gasteiger charge is -2.19. The van der Waals surface area contributed by atoms with E-state index in [0.717, 1.165) is 11.4 Å². The number of aromatic nitrogens is 1. The zero-order chi connectivity index (χ0) is 13.7. The third-order valence-electron chi connectivity index (χ3n) is 3.45. The molecule has 2 N–H and O–H groups in total. The molecule has 0 saturated heterocycles. The van der Waals surface area contributed by atoms with Crippen molar-refractivity contribution in [1.29, 1.82) is 0 Å². The SMILES string of the molecule is CCSC1CCCC1NCc1ccc(C(=O)O)cn1. The van der Waals surface area contributed by atoms with Gasteiger partial charge in [-0.25, -0.2) is 4.79 Å². The van der Waals surface area contributed by atoms with Crippen LogP contribution in [0.5, 0.6) is 0 Å². The monoisotopic (exact) mass is 280 g/mol. The van der Waals surface area contributed by atoms with Gasteiger partial charge >= 0.3 is 5.97 Å². The number of nitrogens with one attached hydrogen (secondary N) is 1. The highest BCUT2D eigenvalue weighted by Crippen LogP contribution is 2.29. The second-order valence-corrected chi connectivity index (χ2v) is 6.27. The highest BCUT2D eigenvalue weighted by Gasteiger charge is 2.26. The lowest BCUT2D eigenvalue weighted by atomic mass is 10.2. The molecule has 1 saturated carbocycles. The molecule has 1 aliphatic rings. The van der Waals surface area contributed by atoms with Gasteiger partial charge in [0.25, 0.3) is 0 Å². The maximum atomic E-state index is 10.7. The van der Waals surface area contributed by atoms with Crippen LogP contribution in [0.25, 0.3) is 0 Å². The summed E-state index contributed by atoms with van der Waals surface area (Å²) in [6.45, 7) is 2.91. The van der Waals surface area contributed by atoms with Gasteiger partial charge in [-0.15, -0.1) is 0 Å². The summed E-state index contributed by atoms with van der Waals surface area (Å²) in [6.07, 6.45) is 5.24. The van der Waals surface area contributed by atoms with Crippen molar-refractivity contribution in [2.24, 2.45) is 0 Å². The minimum atomic E-state index is -0.929. The maximum absolute atomic E-state index is 10.7. The number of hydrogen-bond donors (Lipinski definition) is 2. The molecule has 4 nitrogen and oxygen atoms in total. The normalized spacial score (nSPS) is 22.6. The Bertz CT molecular complexity index is 422. The van der Waals surface area contributed by atoms with Crippen molar-refractivity contribution in [3.05, 3.63) is 29.6 Å². The summed E-state index contributed by atoms with van der Waals surface area (Å²) in [4.78, 5) is 14.9. The van der Waals surface area contributed by atoms with Crippen molar-refractivity contribution in [2.75, 3.05) is 5.75 Å². The van der Waals surface area contributed by atoms with Crippen LogP contribution >= 0.6 is 11.8 Å². The van der Waals surface area contributed by atoms with E-state index < -0.39 is 5.97 Å². The van der Waals surface area contributed by atoms with Crippen molar-refractivity contribution in [2.45, 2.75) is 44.0 Å². The topological polar surface area (TPSA) is 62.2 Å². The molecule has 19 heavy (non-hydrogen) atoms. The summed E-state index contributed by atoms with van der Waals surface area (Å²) in [7, 11) is 0. The van der Waals surface area contributed by atoms with Gasteiger partial charge in [0, 0.05) is 24.0 Å². The van der Waals surface area contributed by atoms with Crippen LogP contribution in [0.15, 0.2) is 18.3 Å². The van der Waals surface area contributed by atoms with Crippen LogP contribution in [-0.4, -0.2) is 33.1 Å². The third kappa shape index (κ3) is 3.94. The van der Waals surface area contributed by atoms with Crippen LogP contribution in [0, 0.1) is 0 Å². The first kappa shape index (κ1) is 14.3. The summed E-state index contributed by atoms with van der Waals surface area (Å²) < 4.78 is 0. The molecule has 0 radical (unpaired) electrons. The smallest absolute Gasteiger partial charge is 0.337 e. The molecule has 5 heteroatoms. The fourth-order valence-corrected chi connectivity index (χ4v) is 3.69. The maximum Gasteiger partial charge on any atom is 0.337 e. The molecule has 0 bridgehead atoms. The second-order valence-electron chi connectivity index (χ2n) is 4.76. The van der Waals surface area contributed by atoms with Gasteiger partial charge in [-0.2, -0.15) is 11.8 Å². The number of carboxylic acids is 1. The van der Waals surface area contributed by atoms with E-state index in [1.807, 2.05) is 11.8 Å². The molecule has 1 aromatic rings. The molecular formula is C14H20N2O2S. The second kappa shape index (κ2) is 6.91. The molecule has 0 aromatic carbocycles. The number of rotatable bonds is 6. The van der Waals surface area contributed by atoms with Gasteiger partial charge in [0.05, 0.1) is 11.3 Å². The van der Waals surface area contributed by atoms with Crippen LogP contribution in [0.2, 0.25) is 0 Å². The first-order valence-corrected chi connectivity index (χ1v) is 7.78. The molecule has 0 amide bonds. The highest BCUT2D eigenvalue weighted by molar-refractivity contribution is 7.99. The summed E-state index contributed by atoms with van der Waals surface area (Å²) in [6, 6.07) is 3.96. The molecular weight excluding hydrogens is 260 g/mol. The molecule has 104 valence electrons. The number of nitrogens with zero attached hydrogens (tertiary/aromatic N) is 1. The van der Waals surface area contributed by atoms with Crippen molar-refractivity contribution in [1.82, 2.24) is 10.3 Å². The summed E-state index contributed by atoms with van der Waals surface area (Å²) >= 11 is 2.03. The van der Waals surface area contributed by atoms with Crippen LogP contribution < -0.4 is 5.32 Å². The van der Waals surface area contributed by atoms with Crippen molar-refractivity contribution in [3.63, 3.8) is 0 Å². The Labute approximate surface area is 118 Å². The van der Waals surface area contributed by atoms with E-state index in [-0.39, 0.29) is 5.56 Å². The van der Waals surface area contributed by atoms with E-state index in [1.54, 1.807) is 12.1 Å².